The van der Waals surface area contributed by atoms with Gasteiger partial charge < -0.3 is 10.4 Å². The Labute approximate surface area is 148 Å². The topological polar surface area (TPSA) is 62.2 Å². The Morgan fingerprint density at radius 3 is 2.79 bits per heavy atom. The highest BCUT2D eigenvalue weighted by molar-refractivity contribution is 6.34. The number of halogens is 3. The molecule has 1 amide bonds. The highest BCUT2D eigenvalue weighted by Crippen LogP contribution is 2.42. The maximum Gasteiger partial charge on any atom is 0.262 e. The number of alkyl halides is 1. The number of carbonyl (C=O) groups is 1. The van der Waals surface area contributed by atoms with Crippen LogP contribution in [0.1, 0.15) is 35.8 Å². The third-order valence-corrected chi connectivity index (χ3v) is 4.52. The van der Waals surface area contributed by atoms with Gasteiger partial charge in [-0.25, -0.2) is 4.39 Å². The van der Waals surface area contributed by atoms with Crippen molar-refractivity contribution < 1.29 is 14.3 Å². The average molecular weight is 369 g/mol. The lowest BCUT2D eigenvalue weighted by atomic mass is 9.81. The smallest absolute Gasteiger partial charge is 0.262 e. The Kier molecular flexibility index (Phi) is 4.76. The number of amides is 1. The van der Waals surface area contributed by atoms with Gasteiger partial charge in [0.25, 0.3) is 5.91 Å². The Hall–Kier alpha value is -1.69. The van der Waals surface area contributed by atoms with Crippen LogP contribution in [0.3, 0.4) is 0 Å². The Morgan fingerprint density at radius 2 is 2.08 bits per heavy atom. The minimum Gasteiger partial charge on any atom is -0.387 e. The van der Waals surface area contributed by atoms with E-state index in [1.807, 2.05) is 0 Å². The molecule has 0 saturated carbocycles. The molecule has 2 atom stereocenters. The van der Waals surface area contributed by atoms with Crippen molar-refractivity contribution in [2.45, 2.75) is 31.2 Å². The number of rotatable bonds is 3. The van der Waals surface area contributed by atoms with Gasteiger partial charge in [0, 0.05) is 28.4 Å². The summed E-state index contributed by atoms with van der Waals surface area (Å²) in [6.45, 7) is 0.100. The summed E-state index contributed by atoms with van der Waals surface area (Å²) in [5.74, 6) is -0.764. The van der Waals surface area contributed by atoms with E-state index in [0.717, 1.165) is 0 Å². The van der Waals surface area contributed by atoms with E-state index in [0.29, 0.717) is 15.6 Å². The number of carbonyl (C=O) groups excluding carboxylic acids is 1. The van der Waals surface area contributed by atoms with Crippen molar-refractivity contribution in [2.75, 3.05) is 0 Å². The fourth-order valence-corrected chi connectivity index (χ4v) is 3.47. The summed E-state index contributed by atoms with van der Waals surface area (Å²) in [6.07, 6.45) is 0.649. The Bertz CT molecular complexity index is 767. The summed E-state index contributed by atoms with van der Waals surface area (Å²) in [5, 5.41) is 13.4. The quantitative estimate of drug-likeness (QED) is 0.868. The average Bonchev–Trinajstić information content (AvgIpc) is 2.55. The first-order valence-electron chi connectivity index (χ1n) is 7.46. The van der Waals surface area contributed by atoms with Crippen molar-refractivity contribution in [3.8, 4) is 0 Å². The van der Waals surface area contributed by atoms with Crippen LogP contribution >= 0.6 is 23.2 Å². The van der Waals surface area contributed by atoms with Crippen LogP contribution in [0.15, 0.2) is 36.5 Å². The molecule has 2 aromatic rings. The highest BCUT2D eigenvalue weighted by Gasteiger charge is 2.46. The second-order valence-corrected chi connectivity index (χ2v) is 6.63. The SMILES string of the molecule is O=C(NCc1cc(Cl)cc(Cl)c1)C1(F)CCC(O)c2ncccc21. The number of pyridine rings is 1. The first-order chi connectivity index (χ1) is 11.4. The van der Waals surface area contributed by atoms with E-state index in [2.05, 4.69) is 10.3 Å². The minimum atomic E-state index is -2.22. The molecule has 0 spiro atoms. The zero-order valence-electron chi connectivity index (χ0n) is 12.6. The second kappa shape index (κ2) is 6.67. The van der Waals surface area contributed by atoms with Gasteiger partial charge in [0.2, 0.25) is 5.67 Å². The molecular weight excluding hydrogens is 354 g/mol. The van der Waals surface area contributed by atoms with Gasteiger partial charge in [0.05, 0.1) is 11.8 Å². The van der Waals surface area contributed by atoms with Crippen LogP contribution in [0, 0.1) is 0 Å². The summed E-state index contributed by atoms with van der Waals surface area (Å²) in [6, 6.07) is 7.92. The lowest BCUT2D eigenvalue weighted by Crippen LogP contribution is -2.44. The van der Waals surface area contributed by atoms with Gasteiger partial charge in [0.15, 0.2) is 0 Å². The summed E-state index contributed by atoms with van der Waals surface area (Å²) < 4.78 is 15.4. The van der Waals surface area contributed by atoms with Crippen molar-refractivity contribution >= 4 is 29.1 Å². The number of aliphatic hydroxyl groups is 1. The molecule has 1 aliphatic carbocycles. The van der Waals surface area contributed by atoms with Gasteiger partial charge in [-0.05, 0) is 42.7 Å². The van der Waals surface area contributed by atoms with E-state index in [-0.39, 0.29) is 30.6 Å². The molecule has 3 rings (SSSR count). The van der Waals surface area contributed by atoms with E-state index in [4.69, 9.17) is 23.2 Å². The number of fused-ring (bicyclic) bond motifs is 1. The maximum atomic E-state index is 15.4. The lowest BCUT2D eigenvalue weighted by Gasteiger charge is -2.32. The predicted octanol–water partition coefficient (Wildman–Crippen LogP) is 3.70. The molecule has 2 N–H and O–H groups in total. The molecule has 126 valence electrons. The number of nitrogens with one attached hydrogen (secondary N) is 1. The van der Waals surface area contributed by atoms with E-state index in [1.165, 1.54) is 12.3 Å². The number of nitrogens with zero attached hydrogens (tertiary/aromatic N) is 1. The first-order valence-corrected chi connectivity index (χ1v) is 8.21. The van der Waals surface area contributed by atoms with Crippen molar-refractivity contribution in [1.29, 1.82) is 0 Å². The summed E-state index contributed by atoms with van der Waals surface area (Å²) >= 11 is 11.8. The van der Waals surface area contributed by atoms with Gasteiger partial charge in [-0.15, -0.1) is 0 Å². The summed E-state index contributed by atoms with van der Waals surface area (Å²) in [7, 11) is 0. The molecule has 4 nitrogen and oxygen atoms in total. The zero-order valence-corrected chi connectivity index (χ0v) is 14.1. The van der Waals surface area contributed by atoms with Gasteiger partial charge in [-0.3, -0.25) is 9.78 Å². The number of benzene rings is 1. The van der Waals surface area contributed by atoms with Crippen molar-refractivity contribution in [3.63, 3.8) is 0 Å². The van der Waals surface area contributed by atoms with E-state index >= 15 is 4.39 Å². The minimum absolute atomic E-state index is 0.100. The molecule has 0 radical (unpaired) electrons. The number of hydrogen-bond donors (Lipinski definition) is 2. The van der Waals surface area contributed by atoms with Gasteiger partial charge >= 0.3 is 0 Å². The fourth-order valence-electron chi connectivity index (χ4n) is 2.90. The number of aliphatic hydroxyl groups excluding tert-OH is 1. The van der Waals surface area contributed by atoms with E-state index < -0.39 is 17.7 Å². The van der Waals surface area contributed by atoms with Crippen LogP contribution in [0.25, 0.3) is 0 Å². The molecule has 0 fully saturated rings. The molecule has 7 heteroatoms. The molecule has 1 aromatic carbocycles. The predicted molar refractivity (Wildman–Crippen MR) is 89.5 cm³/mol. The Balaban J connectivity index is 1.81. The molecule has 1 heterocycles. The van der Waals surface area contributed by atoms with Crippen molar-refractivity contribution in [1.82, 2.24) is 10.3 Å². The molecule has 0 aliphatic heterocycles. The van der Waals surface area contributed by atoms with Crippen LogP contribution in [0.4, 0.5) is 4.39 Å². The third-order valence-electron chi connectivity index (χ3n) is 4.08. The molecular formula is C17H15Cl2FN2O2. The van der Waals surface area contributed by atoms with Gasteiger partial charge in [0.1, 0.15) is 0 Å². The van der Waals surface area contributed by atoms with Crippen LogP contribution in [-0.2, 0) is 17.0 Å². The fraction of sp³-hybridized carbons (Fsp3) is 0.294. The van der Waals surface area contributed by atoms with Gasteiger partial charge in [-0.2, -0.15) is 0 Å². The second-order valence-electron chi connectivity index (χ2n) is 5.75. The molecule has 0 saturated heterocycles. The molecule has 2 unspecified atom stereocenters. The molecule has 1 aliphatic rings. The van der Waals surface area contributed by atoms with Crippen molar-refractivity contribution in [2.24, 2.45) is 0 Å². The normalized spacial score (nSPS) is 22.8. The van der Waals surface area contributed by atoms with E-state index in [9.17, 15) is 9.90 Å². The van der Waals surface area contributed by atoms with E-state index in [1.54, 1.807) is 24.3 Å². The lowest BCUT2D eigenvalue weighted by molar-refractivity contribution is -0.135. The molecule has 1 aromatic heterocycles. The molecule has 0 bridgehead atoms. The largest absolute Gasteiger partial charge is 0.387 e. The number of aromatic nitrogens is 1. The monoisotopic (exact) mass is 368 g/mol. The molecule has 24 heavy (non-hydrogen) atoms. The maximum absolute atomic E-state index is 15.4. The Morgan fingerprint density at radius 1 is 1.38 bits per heavy atom. The zero-order chi connectivity index (χ0) is 17.3. The van der Waals surface area contributed by atoms with Crippen LogP contribution in [0.5, 0.6) is 0 Å². The highest BCUT2D eigenvalue weighted by atomic mass is 35.5. The van der Waals surface area contributed by atoms with Crippen molar-refractivity contribution in [3.05, 3.63) is 63.4 Å². The first kappa shape index (κ1) is 17.1. The summed E-state index contributed by atoms with van der Waals surface area (Å²) in [5.41, 5.74) is -1.21. The van der Waals surface area contributed by atoms with Crippen LogP contribution in [0.2, 0.25) is 10.0 Å². The van der Waals surface area contributed by atoms with Gasteiger partial charge in [-0.1, -0.05) is 29.3 Å². The third kappa shape index (κ3) is 3.24. The summed E-state index contributed by atoms with van der Waals surface area (Å²) in [4.78, 5) is 16.5. The van der Waals surface area contributed by atoms with Crippen LogP contribution < -0.4 is 5.32 Å². The number of hydrogen-bond acceptors (Lipinski definition) is 3. The standard InChI is InChI=1S/C17H15Cl2FN2O2/c18-11-6-10(7-12(19)8-11)9-22-16(24)17(20)4-3-14(23)15-13(17)2-1-5-21-15/h1-2,5-8,14,23H,3-4,9H2,(H,22,24). The van der Waals surface area contributed by atoms with Crippen LogP contribution in [-0.4, -0.2) is 16.0 Å².